The van der Waals surface area contributed by atoms with Crippen LogP contribution < -0.4 is 11.1 Å². The van der Waals surface area contributed by atoms with Gasteiger partial charge < -0.3 is 11.1 Å². The first-order valence-electron chi connectivity index (χ1n) is 8.34. The van der Waals surface area contributed by atoms with Gasteiger partial charge in [0.15, 0.2) is 0 Å². The van der Waals surface area contributed by atoms with Crippen molar-refractivity contribution in [3.63, 3.8) is 0 Å². The maximum atomic E-state index is 12.7. The minimum absolute atomic E-state index is 0.0291. The van der Waals surface area contributed by atoms with Crippen molar-refractivity contribution in [3.05, 3.63) is 40.8 Å². The summed E-state index contributed by atoms with van der Waals surface area (Å²) >= 11 is 1.44. The van der Waals surface area contributed by atoms with Crippen LogP contribution in [-0.4, -0.2) is 11.9 Å². The van der Waals surface area contributed by atoms with E-state index in [9.17, 15) is 4.79 Å². The number of amides is 1. The number of rotatable bonds is 4. The van der Waals surface area contributed by atoms with Crippen LogP contribution in [0.25, 0.3) is 11.1 Å². The third kappa shape index (κ3) is 3.42. The first-order valence-corrected chi connectivity index (χ1v) is 9.22. The predicted molar refractivity (Wildman–Crippen MR) is 98.0 cm³/mol. The summed E-state index contributed by atoms with van der Waals surface area (Å²) in [5, 5.41) is 5.74. The molecule has 1 saturated carbocycles. The van der Waals surface area contributed by atoms with Crippen molar-refractivity contribution >= 4 is 22.2 Å². The first kappa shape index (κ1) is 16.1. The molecule has 1 aromatic heterocycles. The van der Waals surface area contributed by atoms with Gasteiger partial charge in [0, 0.05) is 17.0 Å². The van der Waals surface area contributed by atoms with Crippen molar-refractivity contribution in [2.75, 3.05) is 5.73 Å². The Morgan fingerprint density at radius 1 is 1.22 bits per heavy atom. The maximum Gasteiger partial charge on any atom is 0.255 e. The number of anilines is 1. The summed E-state index contributed by atoms with van der Waals surface area (Å²) in [6.45, 7) is 4.36. The van der Waals surface area contributed by atoms with Crippen LogP contribution in [0, 0.1) is 0 Å². The molecule has 0 spiro atoms. The third-order valence-electron chi connectivity index (χ3n) is 4.63. The van der Waals surface area contributed by atoms with Crippen LogP contribution in [0.4, 0.5) is 5.00 Å². The lowest BCUT2D eigenvalue weighted by molar-refractivity contribution is 0.0940. The third-order valence-corrected chi connectivity index (χ3v) is 5.44. The second-order valence-corrected chi connectivity index (χ2v) is 7.53. The predicted octanol–water partition coefficient (Wildman–Crippen LogP) is 4.79. The van der Waals surface area contributed by atoms with E-state index in [0.717, 1.165) is 24.0 Å². The van der Waals surface area contributed by atoms with Crippen molar-refractivity contribution in [1.82, 2.24) is 5.32 Å². The van der Waals surface area contributed by atoms with Crippen LogP contribution in [0.3, 0.4) is 0 Å². The Labute approximate surface area is 141 Å². The molecule has 1 amide bonds. The number of hydrogen-bond acceptors (Lipinski definition) is 3. The SMILES string of the molecule is CC(C)c1ccc(-c2csc(N)c2C(=O)NC2CCCC2)cc1. The van der Waals surface area contributed by atoms with Gasteiger partial charge in [-0.15, -0.1) is 11.3 Å². The summed E-state index contributed by atoms with van der Waals surface area (Å²) in [6.07, 6.45) is 4.56. The van der Waals surface area contributed by atoms with Gasteiger partial charge in [-0.1, -0.05) is 51.0 Å². The van der Waals surface area contributed by atoms with Crippen LogP contribution in [0.15, 0.2) is 29.6 Å². The highest BCUT2D eigenvalue weighted by molar-refractivity contribution is 7.15. The number of thiophene rings is 1. The first-order chi connectivity index (χ1) is 11.1. The Hall–Kier alpha value is -1.81. The Morgan fingerprint density at radius 2 is 1.87 bits per heavy atom. The molecule has 122 valence electrons. The van der Waals surface area contributed by atoms with E-state index in [4.69, 9.17) is 5.73 Å². The topological polar surface area (TPSA) is 55.1 Å². The van der Waals surface area contributed by atoms with Crippen LogP contribution in [-0.2, 0) is 0 Å². The highest BCUT2D eigenvalue weighted by Gasteiger charge is 2.23. The molecule has 0 atom stereocenters. The van der Waals surface area contributed by atoms with E-state index in [1.807, 2.05) is 5.38 Å². The highest BCUT2D eigenvalue weighted by atomic mass is 32.1. The van der Waals surface area contributed by atoms with Gasteiger partial charge >= 0.3 is 0 Å². The number of hydrogen-bond donors (Lipinski definition) is 2. The minimum Gasteiger partial charge on any atom is -0.390 e. The monoisotopic (exact) mass is 328 g/mol. The average molecular weight is 328 g/mol. The lowest BCUT2D eigenvalue weighted by atomic mass is 9.98. The Balaban J connectivity index is 1.87. The van der Waals surface area contributed by atoms with Gasteiger partial charge in [0.05, 0.1) is 10.6 Å². The van der Waals surface area contributed by atoms with Gasteiger partial charge in [-0.25, -0.2) is 0 Å². The minimum atomic E-state index is -0.0291. The molecule has 1 heterocycles. The molecular weight excluding hydrogens is 304 g/mol. The number of carbonyl (C=O) groups excluding carboxylic acids is 1. The maximum absolute atomic E-state index is 12.7. The van der Waals surface area contributed by atoms with Gasteiger partial charge in [0.1, 0.15) is 0 Å². The molecule has 2 aromatic rings. The van der Waals surface area contributed by atoms with E-state index in [2.05, 4.69) is 43.4 Å². The van der Waals surface area contributed by atoms with E-state index in [1.54, 1.807) is 0 Å². The summed E-state index contributed by atoms with van der Waals surface area (Å²) in [6, 6.07) is 8.74. The zero-order valence-corrected chi connectivity index (χ0v) is 14.6. The van der Waals surface area contributed by atoms with Crippen molar-refractivity contribution in [2.24, 2.45) is 0 Å². The van der Waals surface area contributed by atoms with Crippen LogP contribution in [0.5, 0.6) is 0 Å². The second-order valence-electron chi connectivity index (χ2n) is 6.62. The molecule has 1 aliphatic carbocycles. The fourth-order valence-electron chi connectivity index (χ4n) is 3.19. The molecule has 0 bridgehead atoms. The van der Waals surface area contributed by atoms with E-state index in [-0.39, 0.29) is 5.91 Å². The van der Waals surface area contributed by atoms with Gasteiger partial charge in [-0.05, 0) is 29.9 Å². The van der Waals surface area contributed by atoms with Crippen molar-refractivity contribution < 1.29 is 4.79 Å². The number of benzene rings is 1. The molecule has 3 nitrogen and oxygen atoms in total. The fourth-order valence-corrected chi connectivity index (χ4v) is 4.01. The standard InChI is InChI=1S/C19H24N2OS/c1-12(2)13-7-9-14(10-8-13)16-11-23-18(20)17(16)19(22)21-15-5-3-4-6-15/h7-12,15H,3-6,20H2,1-2H3,(H,21,22). The molecule has 3 rings (SSSR count). The van der Waals surface area contributed by atoms with E-state index in [0.29, 0.717) is 22.5 Å². The molecule has 4 heteroatoms. The number of nitrogen functional groups attached to an aromatic ring is 1. The Morgan fingerprint density at radius 3 is 2.48 bits per heavy atom. The van der Waals surface area contributed by atoms with Gasteiger partial charge in [0.2, 0.25) is 0 Å². The summed E-state index contributed by atoms with van der Waals surface area (Å²) in [4.78, 5) is 12.7. The van der Waals surface area contributed by atoms with E-state index in [1.165, 1.54) is 29.7 Å². The molecule has 0 aliphatic heterocycles. The average Bonchev–Trinajstić information content (AvgIpc) is 3.16. The Bertz CT molecular complexity index is 682. The molecular formula is C19H24N2OS. The zero-order chi connectivity index (χ0) is 16.4. The smallest absolute Gasteiger partial charge is 0.255 e. The quantitative estimate of drug-likeness (QED) is 0.847. The molecule has 1 aromatic carbocycles. The molecule has 1 aliphatic rings. The van der Waals surface area contributed by atoms with Gasteiger partial charge in [-0.2, -0.15) is 0 Å². The lowest BCUT2D eigenvalue weighted by Crippen LogP contribution is -2.33. The summed E-state index contributed by atoms with van der Waals surface area (Å²) in [5.41, 5.74) is 10.0. The molecule has 3 N–H and O–H groups in total. The largest absolute Gasteiger partial charge is 0.390 e. The number of nitrogens with one attached hydrogen (secondary N) is 1. The second kappa shape index (κ2) is 6.75. The van der Waals surface area contributed by atoms with Crippen LogP contribution in [0.1, 0.15) is 61.4 Å². The van der Waals surface area contributed by atoms with Crippen LogP contribution >= 0.6 is 11.3 Å². The van der Waals surface area contributed by atoms with Crippen LogP contribution in [0.2, 0.25) is 0 Å². The lowest BCUT2D eigenvalue weighted by Gasteiger charge is -2.13. The molecule has 0 unspecified atom stereocenters. The molecule has 0 saturated heterocycles. The number of carbonyl (C=O) groups is 1. The zero-order valence-electron chi connectivity index (χ0n) is 13.8. The van der Waals surface area contributed by atoms with Gasteiger partial charge in [-0.3, -0.25) is 4.79 Å². The summed E-state index contributed by atoms with van der Waals surface area (Å²) < 4.78 is 0. The molecule has 23 heavy (non-hydrogen) atoms. The summed E-state index contributed by atoms with van der Waals surface area (Å²) in [5.74, 6) is 0.473. The van der Waals surface area contributed by atoms with Crippen molar-refractivity contribution in [3.8, 4) is 11.1 Å². The highest BCUT2D eigenvalue weighted by Crippen LogP contribution is 2.34. The Kier molecular flexibility index (Phi) is 4.71. The summed E-state index contributed by atoms with van der Waals surface area (Å²) in [7, 11) is 0. The van der Waals surface area contributed by atoms with E-state index < -0.39 is 0 Å². The molecule has 0 radical (unpaired) electrons. The normalized spacial score (nSPS) is 15.3. The van der Waals surface area contributed by atoms with E-state index >= 15 is 0 Å². The fraction of sp³-hybridized carbons (Fsp3) is 0.421. The number of nitrogens with two attached hydrogens (primary N) is 1. The van der Waals surface area contributed by atoms with Crippen molar-refractivity contribution in [1.29, 1.82) is 0 Å². The van der Waals surface area contributed by atoms with Crippen molar-refractivity contribution in [2.45, 2.75) is 51.5 Å². The van der Waals surface area contributed by atoms with Gasteiger partial charge in [0.25, 0.3) is 5.91 Å². The molecule has 1 fully saturated rings.